The number of nitrogens with zero attached hydrogens (tertiary/aromatic N) is 3. The van der Waals surface area contributed by atoms with Gasteiger partial charge < -0.3 is 5.73 Å². The summed E-state index contributed by atoms with van der Waals surface area (Å²) >= 11 is 0. The largest absolute Gasteiger partial charge is 0.329 e. The van der Waals surface area contributed by atoms with Gasteiger partial charge in [-0.2, -0.15) is 9.40 Å². The van der Waals surface area contributed by atoms with Gasteiger partial charge in [0.05, 0.1) is 12.7 Å². The minimum absolute atomic E-state index is 0.266. The van der Waals surface area contributed by atoms with E-state index in [-0.39, 0.29) is 4.90 Å². The fourth-order valence-corrected chi connectivity index (χ4v) is 4.32. The van der Waals surface area contributed by atoms with Gasteiger partial charge in [-0.15, -0.1) is 0 Å². The van der Waals surface area contributed by atoms with Gasteiger partial charge in [0.1, 0.15) is 4.90 Å². The first kappa shape index (κ1) is 14.5. The summed E-state index contributed by atoms with van der Waals surface area (Å²) < 4.78 is 28.2. The molecule has 2 atom stereocenters. The van der Waals surface area contributed by atoms with Crippen molar-refractivity contribution in [3.05, 3.63) is 12.4 Å². The van der Waals surface area contributed by atoms with Crippen LogP contribution in [0.5, 0.6) is 0 Å². The fraction of sp³-hybridized carbons (Fsp3) is 0.750. The second-order valence-electron chi connectivity index (χ2n) is 5.50. The number of hydrogen-bond acceptors (Lipinski definition) is 4. The molecule has 2 unspecified atom stereocenters. The average molecular weight is 286 g/mol. The summed E-state index contributed by atoms with van der Waals surface area (Å²) in [7, 11) is -3.42. The molecule has 7 heteroatoms. The Labute approximate surface area is 114 Å². The summed E-state index contributed by atoms with van der Waals surface area (Å²) in [6.45, 7) is 6.34. The van der Waals surface area contributed by atoms with Crippen LogP contribution in [0.4, 0.5) is 0 Å². The van der Waals surface area contributed by atoms with Gasteiger partial charge in [-0.25, -0.2) is 8.42 Å². The zero-order valence-electron chi connectivity index (χ0n) is 11.5. The topological polar surface area (TPSA) is 81.2 Å². The molecule has 19 heavy (non-hydrogen) atoms. The molecule has 0 saturated carbocycles. The second kappa shape index (κ2) is 5.60. The summed E-state index contributed by atoms with van der Waals surface area (Å²) in [5.74, 6) is 0.801. The number of piperidine rings is 1. The van der Waals surface area contributed by atoms with Gasteiger partial charge in [0.2, 0.25) is 10.0 Å². The van der Waals surface area contributed by atoms with Crippen molar-refractivity contribution < 1.29 is 8.42 Å². The zero-order valence-corrected chi connectivity index (χ0v) is 12.3. The van der Waals surface area contributed by atoms with E-state index in [1.807, 2.05) is 0 Å². The molecule has 1 aromatic rings. The highest BCUT2D eigenvalue weighted by Crippen LogP contribution is 2.26. The summed E-state index contributed by atoms with van der Waals surface area (Å²) in [5.41, 5.74) is 5.44. The fourth-order valence-electron chi connectivity index (χ4n) is 2.68. The molecule has 1 aromatic heterocycles. The summed E-state index contributed by atoms with van der Waals surface area (Å²) in [6.07, 6.45) is 4.06. The number of aromatic nitrogens is 2. The van der Waals surface area contributed by atoms with Crippen molar-refractivity contribution in [2.75, 3.05) is 19.6 Å². The second-order valence-corrected chi connectivity index (χ2v) is 7.43. The van der Waals surface area contributed by atoms with Gasteiger partial charge in [-0.3, -0.25) is 4.68 Å². The molecular weight excluding hydrogens is 264 g/mol. The SMILES string of the molecule is CC1CC(C)CN(S(=O)(=O)c2cnn(CCN)c2)C1. The van der Waals surface area contributed by atoms with Crippen LogP contribution in [0.3, 0.4) is 0 Å². The predicted molar refractivity (Wildman–Crippen MR) is 73.0 cm³/mol. The first-order chi connectivity index (χ1) is 8.93. The van der Waals surface area contributed by atoms with Crippen LogP contribution in [0.2, 0.25) is 0 Å². The van der Waals surface area contributed by atoms with Gasteiger partial charge in [-0.1, -0.05) is 13.8 Å². The zero-order chi connectivity index (χ0) is 14.0. The van der Waals surface area contributed by atoms with Crippen LogP contribution in [-0.2, 0) is 16.6 Å². The molecule has 1 fully saturated rings. The lowest BCUT2D eigenvalue weighted by atomic mass is 9.94. The van der Waals surface area contributed by atoms with E-state index >= 15 is 0 Å². The molecule has 0 amide bonds. The summed E-state index contributed by atoms with van der Waals surface area (Å²) in [6, 6.07) is 0. The number of rotatable bonds is 4. The Balaban J connectivity index is 2.20. The molecule has 0 aromatic carbocycles. The van der Waals surface area contributed by atoms with Crippen molar-refractivity contribution in [3.63, 3.8) is 0 Å². The van der Waals surface area contributed by atoms with E-state index in [4.69, 9.17) is 5.73 Å². The molecule has 2 N–H and O–H groups in total. The molecular formula is C12H22N4O2S. The highest BCUT2D eigenvalue weighted by molar-refractivity contribution is 7.89. The minimum Gasteiger partial charge on any atom is -0.329 e. The van der Waals surface area contributed by atoms with Crippen LogP contribution in [0.1, 0.15) is 20.3 Å². The van der Waals surface area contributed by atoms with Crippen LogP contribution in [0, 0.1) is 11.8 Å². The summed E-state index contributed by atoms with van der Waals surface area (Å²) in [4.78, 5) is 0.266. The van der Waals surface area contributed by atoms with Crippen molar-refractivity contribution in [1.82, 2.24) is 14.1 Å². The Bertz CT molecular complexity index is 516. The standard InChI is InChI=1S/C12H22N4O2S/c1-10-5-11(2)8-16(7-10)19(17,18)12-6-14-15(9-12)4-3-13/h6,9-11H,3-5,7-8,13H2,1-2H3. The Hall–Kier alpha value is -0.920. The maximum atomic E-state index is 12.5. The van der Waals surface area contributed by atoms with Crippen LogP contribution in [0.15, 0.2) is 17.3 Å². The van der Waals surface area contributed by atoms with E-state index in [2.05, 4.69) is 18.9 Å². The average Bonchev–Trinajstić information content (AvgIpc) is 2.77. The smallest absolute Gasteiger partial charge is 0.246 e. The van der Waals surface area contributed by atoms with Crippen molar-refractivity contribution in [2.24, 2.45) is 17.6 Å². The first-order valence-electron chi connectivity index (χ1n) is 6.66. The molecule has 1 aliphatic rings. The van der Waals surface area contributed by atoms with E-state index in [0.717, 1.165) is 6.42 Å². The van der Waals surface area contributed by atoms with Crippen LogP contribution >= 0.6 is 0 Å². The van der Waals surface area contributed by atoms with Crippen molar-refractivity contribution in [3.8, 4) is 0 Å². The van der Waals surface area contributed by atoms with E-state index < -0.39 is 10.0 Å². The summed E-state index contributed by atoms with van der Waals surface area (Å²) in [5, 5.41) is 4.04. The lowest BCUT2D eigenvalue weighted by Crippen LogP contribution is -2.42. The quantitative estimate of drug-likeness (QED) is 0.874. The molecule has 1 saturated heterocycles. The Kier molecular flexibility index (Phi) is 4.27. The maximum Gasteiger partial charge on any atom is 0.246 e. The van der Waals surface area contributed by atoms with Crippen molar-refractivity contribution in [1.29, 1.82) is 0 Å². The Morgan fingerprint density at radius 3 is 2.58 bits per heavy atom. The molecule has 0 bridgehead atoms. The normalized spacial score (nSPS) is 25.6. The van der Waals surface area contributed by atoms with Crippen LogP contribution in [0.25, 0.3) is 0 Å². The van der Waals surface area contributed by atoms with E-state index in [1.165, 1.54) is 6.20 Å². The van der Waals surface area contributed by atoms with Crippen LogP contribution in [-0.4, -0.2) is 42.1 Å². The highest BCUT2D eigenvalue weighted by Gasteiger charge is 2.32. The molecule has 2 heterocycles. The van der Waals surface area contributed by atoms with Gasteiger partial charge >= 0.3 is 0 Å². The van der Waals surface area contributed by atoms with E-state index in [1.54, 1.807) is 15.2 Å². The van der Waals surface area contributed by atoms with Gasteiger partial charge in [-0.05, 0) is 18.3 Å². The number of nitrogens with two attached hydrogens (primary N) is 1. The van der Waals surface area contributed by atoms with E-state index in [0.29, 0.717) is 38.0 Å². The minimum atomic E-state index is -3.42. The molecule has 2 rings (SSSR count). The highest BCUT2D eigenvalue weighted by atomic mass is 32.2. The molecule has 0 spiro atoms. The molecule has 0 aliphatic carbocycles. The lowest BCUT2D eigenvalue weighted by molar-refractivity contribution is 0.222. The van der Waals surface area contributed by atoms with Gasteiger partial charge in [0.15, 0.2) is 0 Å². The molecule has 6 nitrogen and oxygen atoms in total. The third kappa shape index (κ3) is 3.16. The molecule has 108 valence electrons. The van der Waals surface area contributed by atoms with Gasteiger partial charge in [0, 0.05) is 25.8 Å². The van der Waals surface area contributed by atoms with Crippen LogP contribution < -0.4 is 5.73 Å². The third-order valence-electron chi connectivity index (χ3n) is 3.44. The van der Waals surface area contributed by atoms with Crippen molar-refractivity contribution >= 4 is 10.0 Å². The Morgan fingerprint density at radius 1 is 1.37 bits per heavy atom. The number of sulfonamides is 1. The molecule has 0 radical (unpaired) electrons. The van der Waals surface area contributed by atoms with Gasteiger partial charge in [0.25, 0.3) is 0 Å². The van der Waals surface area contributed by atoms with E-state index in [9.17, 15) is 8.42 Å². The lowest BCUT2D eigenvalue weighted by Gasteiger charge is -2.33. The van der Waals surface area contributed by atoms with Crippen molar-refractivity contribution in [2.45, 2.75) is 31.7 Å². The monoisotopic (exact) mass is 286 g/mol. The first-order valence-corrected chi connectivity index (χ1v) is 8.10. The predicted octanol–water partition coefficient (Wildman–Crippen LogP) is 0.508. The third-order valence-corrected chi connectivity index (χ3v) is 5.23. The molecule has 1 aliphatic heterocycles. The maximum absolute atomic E-state index is 12.5. The Morgan fingerprint density at radius 2 is 2.00 bits per heavy atom. The number of hydrogen-bond donors (Lipinski definition) is 1.